The van der Waals surface area contributed by atoms with E-state index >= 15 is 0 Å². The first-order chi connectivity index (χ1) is 23.9. The van der Waals surface area contributed by atoms with Crippen LogP contribution in [0.1, 0.15) is 16.7 Å². The van der Waals surface area contributed by atoms with Crippen molar-refractivity contribution >= 4 is 0 Å². The minimum Gasteiger partial charge on any atom is -0.493 e. The number of rotatable bonds is 24. The molecular weight excluding hydrogens is 632 g/mol. The molecule has 3 N–H and O–H groups in total. The lowest BCUT2D eigenvalue weighted by Crippen LogP contribution is -2.38. The smallest absolute Gasteiger partial charge is 0.203 e. The summed E-state index contributed by atoms with van der Waals surface area (Å²) in [7, 11) is 14.6. The van der Waals surface area contributed by atoms with Gasteiger partial charge < -0.3 is 58.6 Å². The molecule has 0 aliphatic carbocycles. The highest BCUT2D eigenvalue weighted by molar-refractivity contribution is 5.55. The summed E-state index contributed by atoms with van der Waals surface area (Å²) in [5.41, 5.74) is 3.14. The topological polar surface area (TPSA) is 122 Å². The third kappa shape index (κ3) is 11.1. The molecule has 0 spiro atoms. The summed E-state index contributed by atoms with van der Waals surface area (Å²) in [4.78, 5) is 2.39. The van der Waals surface area contributed by atoms with Crippen LogP contribution in [0.4, 0.5) is 0 Å². The maximum atomic E-state index is 5.60. The number of benzene rings is 3. The summed E-state index contributed by atoms with van der Waals surface area (Å²) in [6, 6.07) is 11.8. The van der Waals surface area contributed by atoms with Crippen LogP contribution in [0.5, 0.6) is 51.7 Å². The highest BCUT2D eigenvalue weighted by Gasteiger charge is 2.17. The van der Waals surface area contributed by atoms with Crippen LogP contribution in [0.2, 0.25) is 0 Å². The van der Waals surface area contributed by atoms with Crippen LogP contribution in [0.3, 0.4) is 0 Å². The van der Waals surface area contributed by atoms with Crippen LogP contribution in [0, 0.1) is 0 Å². The highest BCUT2D eigenvalue weighted by Crippen LogP contribution is 2.40. The maximum Gasteiger partial charge on any atom is 0.203 e. The SMILES string of the molecule is COc1cc(CNCCNCCN(CCNCc2cc(OC)c(OC)c(OC)c2)Cc2cc(OC)c(OC)c(OC)c2)cc(OC)c1OC. The molecule has 3 aromatic carbocycles. The average molecular weight is 687 g/mol. The summed E-state index contributed by atoms with van der Waals surface area (Å²) < 4.78 is 49.6. The van der Waals surface area contributed by atoms with Crippen molar-refractivity contribution in [2.24, 2.45) is 0 Å². The van der Waals surface area contributed by atoms with E-state index in [0.717, 1.165) is 56.0 Å². The standard InChI is InChI=1S/C36H54N4O9/c1-41-28-16-25(17-29(42-2)34(28)47-7)22-38-11-10-37-12-14-40(24-27-20-32(45-5)36(49-9)33(21-27)46-6)15-13-39-23-26-18-30(43-3)35(48-8)31(19-26)44-4/h16-21,37-39H,10-15,22-24H2,1-9H3. The van der Waals surface area contributed by atoms with Crippen LogP contribution >= 0.6 is 0 Å². The Kier molecular flexibility index (Phi) is 16.7. The van der Waals surface area contributed by atoms with E-state index in [4.69, 9.17) is 42.6 Å². The van der Waals surface area contributed by atoms with Gasteiger partial charge in [-0.3, -0.25) is 4.90 Å². The first-order valence-electron chi connectivity index (χ1n) is 16.1. The van der Waals surface area contributed by atoms with E-state index < -0.39 is 0 Å². The van der Waals surface area contributed by atoms with Crippen molar-refractivity contribution in [1.29, 1.82) is 0 Å². The van der Waals surface area contributed by atoms with Gasteiger partial charge in [-0.1, -0.05) is 0 Å². The van der Waals surface area contributed by atoms with Crippen LogP contribution < -0.4 is 58.6 Å². The van der Waals surface area contributed by atoms with Gasteiger partial charge in [-0.15, -0.1) is 0 Å². The number of hydrogen-bond donors (Lipinski definition) is 3. The molecule has 0 aliphatic rings. The van der Waals surface area contributed by atoms with Gasteiger partial charge in [-0.25, -0.2) is 0 Å². The van der Waals surface area contributed by atoms with Gasteiger partial charge in [0.15, 0.2) is 34.5 Å². The van der Waals surface area contributed by atoms with Gasteiger partial charge in [0.05, 0.1) is 64.0 Å². The average Bonchev–Trinajstić information content (AvgIpc) is 3.14. The predicted octanol–water partition coefficient (Wildman–Crippen LogP) is 3.74. The molecule has 0 radical (unpaired) electrons. The number of nitrogens with zero attached hydrogens (tertiary/aromatic N) is 1. The molecule has 0 heterocycles. The van der Waals surface area contributed by atoms with Gasteiger partial charge in [-0.05, 0) is 53.1 Å². The first-order valence-corrected chi connectivity index (χ1v) is 16.1. The summed E-state index contributed by atoms with van der Waals surface area (Å²) in [6.45, 7) is 6.82. The van der Waals surface area contributed by atoms with Crippen molar-refractivity contribution in [2.45, 2.75) is 19.6 Å². The zero-order valence-corrected chi connectivity index (χ0v) is 30.4. The fraction of sp³-hybridized carbons (Fsp3) is 0.500. The third-order valence-electron chi connectivity index (χ3n) is 7.93. The summed E-state index contributed by atoms with van der Waals surface area (Å²) >= 11 is 0. The quantitative estimate of drug-likeness (QED) is 0.119. The molecule has 3 rings (SSSR count). The van der Waals surface area contributed by atoms with Gasteiger partial charge in [0.1, 0.15) is 0 Å². The second-order valence-corrected chi connectivity index (χ2v) is 11.0. The molecule has 0 amide bonds. The van der Waals surface area contributed by atoms with Crippen molar-refractivity contribution < 1.29 is 42.6 Å². The molecule has 0 fully saturated rings. The van der Waals surface area contributed by atoms with Gasteiger partial charge in [0.2, 0.25) is 17.2 Å². The molecule has 13 heteroatoms. The van der Waals surface area contributed by atoms with E-state index in [1.807, 2.05) is 36.4 Å². The van der Waals surface area contributed by atoms with Crippen LogP contribution in [-0.4, -0.2) is 108 Å². The first kappa shape index (κ1) is 39.1. The number of ether oxygens (including phenoxy) is 9. The normalized spacial score (nSPS) is 10.9. The van der Waals surface area contributed by atoms with Crippen molar-refractivity contribution in [1.82, 2.24) is 20.9 Å². The zero-order valence-electron chi connectivity index (χ0n) is 30.4. The Bertz CT molecular complexity index is 1360. The molecule has 0 aromatic heterocycles. The molecule has 49 heavy (non-hydrogen) atoms. The lowest BCUT2D eigenvalue weighted by Gasteiger charge is -2.24. The van der Waals surface area contributed by atoms with Crippen LogP contribution in [-0.2, 0) is 19.6 Å². The lowest BCUT2D eigenvalue weighted by molar-refractivity contribution is 0.262. The Morgan fingerprint density at radius 2 is 0.694 bits per heavy atom. The maximum absolute atomic E-state index is 5.60. The van der Waals surface area contributed by atoms with Crippen molar-refractivity contribution in [3.05, 3.63) is 53.1 Å². The number of nitrogens with one attached hydrogen (secondary N) is 3. The summed E-state index contributed by atoms with van der Waals surface area (Å²) in [5, 5.41) is 10.6. The number of hydrogen-bond acceptors (Lipinski definition) is 13. The number of methoxy groups -OCH3 is 9. The fourth-order valence-electron chi connectivity index (χ4n) is 5.47. The Balaban J connectivity index is 1.58. The molecule has 272 valence electrons. The lowest BCUT2D eigenvalue weighted by atomic mass is 10.1. The predicted molar refractivity (Wildman–Crippen MR) is 190 cm³/mol. The molecular formula is C36H54N4O9. The highest BCUT2D eigenvalue weighted by atomic mass is 16.5. The van der Waals surface area contributed by atoms with E-state index in [1.54, 1.807) is 64.0 Å². The van der Waals surface area contributed by atoms with E-state index in [2.05, 4.69) is 20.9 Å². The van der Waals surface area contributed by atoms with Gasteiger partial charge >= 0.3 is 0 Å². The van der Waals surface area contributed by atoms with E-state index in [1.165, 1.54) is 0 Å². The summed E-state index contributed by atoms with van der Waals surface area (Å²) in [5.74, 6) is 5.55. The van der Waals surface area contributed by atoms with Crippen molar-refractivity contribution in [3.8, 4) is 51.7 Å². The fourth-order valence-corrected chi connectivity index (χ4v) is 5.47. The molecule has 3 aromatic rings. The Labute approximate surface area is 291 Å². The van der Waals surface area contributed by atoms with Crippen LogP contribution in [0.15, 0.2) is 36.4 Å². The monoisotopic (exact) mass is 686 g/mol. The third-order valence-corrected chi connectivity index (χ3v) is 7.93. The Morgan fingerprint density at radius 1 is 0.388 bits per heavy atom. The zero-order chi connectivity index (χ0) is 35.6. The van der Waals surface area contributed by atoms with Gasteiger partial charge in [-0.2, -0.15) is 0 Å². The summed E-state index contributed by atoms with van der Waals surface area (Å²) in [6.07, 6.45) is 0. The van der Waals surface area contributed by atoms with E-state index in [-0.39, 0.29) is 0 Å². The molecule has 0 bridgehead atoms. The van der Waals surface area contributed by atoms with E-state index in [0.29, 0.717) is 71.4 Å². The van der Waals surface area contributed by atoms with Crippen LogP contribution in [0.25, 0.3) is 0 Å². The molecule has 0 aliphatic heterocycles. The minimum atomic E-state index is 0.577. The largest absolute Gasteiger partial charge is 0.493 e. The minimum absolute atomic E-state index is 0.577. The Morgan fingerprint density at radius 3 is 1.04 bits per heavy atom. The molecule has 0 unspecified atom stereocenters. The Hall–Kier alpha value is -4.30. The molecule has 0 atom stereocenters. The van der Waals surface area contributed by atoms with E-state index in [9.17, 15) is 0 Å². The van der Waals surface area contributed by atoms with Gasteiger partial charge in [0, 0.05) is 58.9 Å². The van der Waals surface area contributed by atoms with Crippen molar-refractivity contribution in [3.63, 3.8) is 0 Å². The molecule has 0 saturated carbocycles. The second-order valence-electron chi connectivity index (χ2n) is 11.0. The van der Waals surface area contributed by atoms with Crippen molar-refractivity contribution in [2.75, 3.05) is 103 Å². The second kappa shape index (κ2) is 20.9. The molecule has 13 nitrogen and oxygen atoms in total. The molecule has 0 saturated heterocycles. The van der Waals surface area contributed by atoms with Gasteiger partial charge in [0.25, 0.3) is 0 Å².